The predicted molar refractivity (Wildman–Crippen MR) is 141 cm³/mol. The predicted octanol–water partition coefficient (Wildman–Crippen LogP) is 3.83. The second kappa shape index (κ2) is 11.2. The van der Waals surface area contributed by atoms with Crippen molar-refractivity contribution < 1.29 is 32.6 Å². The number of halogens is 3. The fourth-order valence-electron chi connectivity index (χ4n) is 5.02. The molecule has 2 amide bonds. The van der Waals surface area contributed by atoms with E-state index in [1.54, 1.807) is 11.3 Å². The van der Waals surface area contributed by atoms with E-state index in [0.717, 1.165) is 26.2 Å². The molecule has 0 unspecified atom stereocenters. The van der Waals surface area contributed by atoms with Gasteiger partial charge in [-0.25, -0.2) is 4.98 Å². The SMILES string of the molecule is Cc1nc2cc(OC[C@H](O)CN3CCN(Cc4cc(N5C(=O)CCC5=O)ccc4C(F)(F)F)CC3)ccc2s1. The van der Waals surface area contributed by atoms with Crippen LogP contribution >= 0.6 is 11.3 Å². The first-order valence-corrected chi connectivity index (χ1v) is 13.6. The van der Waals surface area contributed by atoms with Gasteiger partial charge >= 0.3 is 6.18 Å². The van der Waals surface area contributed by atoms with Gasteiger partial charge in [-0.1, -0.05) is 0 Å². The average molecular weight is 563 g/mol. The molecule has 0 aliphatic carbocycles. The van der Waals surface area contributed by atoms with Crippen LogP contribution in [0.25, 0.3) is 10.2 Å². The van der Waals surface area contributed by atoms with Gasteiger partial charge in [0.2, 0.25) is 11.8 Å². The Labute approximate surface area is 227 Å². The highest BCUT2D eigenvalue weighted by molar-refractivity contribution is 7.18. The molecule has 8 nitrogen and oxygen atoms in total. The maximum atomic E-state index is 13.7. The van der Waals surface area contributed by atoms with Crippen LogP contribution in [0.3, 0.4) is 0 Å². The van der Waals surface area contributed by atoms with Gasteiger partial charge in [0.1, 0.15) is 18.5 Å². The molecule has 0 saturated carbocycles. The van der Waals surface area contributed by atoms with Gasteiger partial charge in [-0.3, -0.25) is 24.3 Å². The third kappa shape index (κ3) is 6.40. The number of aliphatic hydroxyl groups is 1. The lowest BCUT2D eigenvalue weighted by atomic mass is 10.0. The van der Waals surface area contributed by atoms with E-state index < -0.39 is 29.7 Å². The van der Waals surface area contributed by atoms with Crippen LogP contribution in [-0.4, -0.2) is 77.1 Å². The maximum Gasteiger partial charge on any atom is 0.416 e. The number of piperazine rings is 1. The summed E-state index contributed by atoms with van der Waals surface area (Å²) in [7, 11) is 0. The number of rotatable bonds is 8. The summed E-state index contributed by atoms with van der Waals surface area (Å²) in [4.78, 5) is 33.6. The molecule has 208 valence electrons. The number of anilines is 1. The van der Waals surface area contributed by atoms with Crippen LogP contribution < -0.4 is 9.64 Å². The molecule has 2 fully saturated rings. The van der Waals surface area contributed by atoms with E-state index in [-0.39, 0.29) is 37.2 Å². The number of hydrogen-bond acceptors (Lipinski definition) is 8. The number of ether oxygens (including phenoxy) is 1. The number of aryl methyl sites for hydroxylation is 1. The molecule has 39 heavy (non-hydrogen) atoms. The first-order chi connectivity index (χ1) is 18.6. The van der Waals surface area contributed by atoms with Crippen molar-refractivity contribution >= 4 is 39.1 Å². The Morgan fingerprint density at radius 1 is 1.03 bits per heavy atom. The quantitative estimate of drug-likeness (QED) is 0.418. The zero-order chi connectivity index (χ0) is 27.7. The molecule has 3 aromatic rings. The highest BCUT2D eigenvalue weighted by atomic mass is 32.1. The van der Waals surface area contributed by atoms with Crippen LogP contribution in [-0.2, 0) is 22.3 Å². The zero-order valence-electron chi connectivity index (χ0n) is 21.4. The molecule has 5 rings (SSSR count). The van der Waals surface area contributed by atoms with Crippen molar-refractivity contribution in [3.63, 3.8) is 0 Å². The standard InChI is InChI=1S/C27H29F3N4O4S/c1-17-31-23-13-21(3-5-24(23)39-17)38-16-20(35)15-33-10-8-32(9-11-33)14-18-12-19(2-4-22(18)27(28,29)30)34-25(36)6-7-26(34)37/h2-5,12-13,20,35H,6-11,14-16H2,1H3/t20-/m1/s1. The van der Waals surface area contributed by atoms with Gasteiger partial charge in [-0.15, -0.1) is 11.3 Å². The van der Waals surface area contributed by atoms with Gasteiger partial charge in [0, 0.05) is 58.2 Å². The van der Waals surface area contributed by atoms with E-state index in [4.69, 9.17) is 4.74 Å². The van der Waals surface area contributed by atoms with Crippen molar-refractivity contribution in [1.82, 2.24) is 14.8 Å². The molecule has 0 spiro atoms. The average Bonchev–Trinajstić information content (AvgIpc) is 3.42. The second-order valence-electron chi connectivity index (χ2n) is 9.87. The minimum atomic E-state index is -4.55. The van der Waals surface area contributed by atoms with E-state index in [1.165, 1.54) is 12.1 Å². The number of fused-ring (bicyclic) bond motifs is 1. The Bertz CT molecular complexity index is 1350. The van der Waals surface area contributed by atoms with Crippen LogP contribution in [0.5, 0.6) is 5.75 Å². The lowest BCUT2D eigenvalue weighted by Crippen LogP contribution is -2.49. The molecule has 3 heterocycles. The fraction of sp³-hybridized carbons (Fsp3) is 0.444. The number of aromatic nitrogens is 1. The molecule has 0 radical (unpaired) electrons. The van der Waals surface area contributed by atoms with Gasteiger partial charge < -0.3 is 9.84 Å². The molecule has 2 aromatic carbocycles. The summed E-state index contributed by atoms with van der Waals surface area (Å²) in [5, 5.41) is 11.5. The summed E-state index contributed by atoms with van der Waals surface area (Å²) in [6, 6.07) is 9.09. The van der Waals surface area contributed by atoms with Crippen LogP contribution in [0.4, 0.5) is 18.9 Å². The molecule has 1 N–H and O–H groups in total. The summed E-state index contributed by atoms with van der Waals surface area (Å²) in [5.74, 6) is -0.169. The number of amides is 2. The molecule has 2 aliphatic rings. The van der Waals surface area contributed by atoms with Crippen LogP contribution in [0.1, 0.15) is 29.0 Å². The Morgan fingerprint density at radius 3 is 2.41 bits per heavy atom. The number of carbonyl (C=O) groups excluding carboxylic acids is 2. The van der Waals surface area contributed by atoms with Gasteiger partial charge in [-0.2, -0.15) is 13.2 Å². The van der Waals surface area contributed by atoms with E-state index in [9.17, 15) is 27.9 Å². The monoisotopic (exact) mass is 562 g/mol. The number of hydrogen-bond donors (Lipinski definition) is 1. The van der Waals surface area contributed by atoms with Crippen molar-refractivity contribution in [2.24, 2.45) is 0 Å². The highest BCUT2D eigenvalue weighted by Crippen LogP contribution is 2.36. The van der Waals surface area contributed by atoms with Crippen LogP contribution in [0.2, 0.25) is 0 Å². The Kier molecular flexibility index (Phi) is 7.90. The number of thiazole rings is 1. The maximum absolute atomic E-state index is 13.7. The van der Waals surface area contributed by atoms with Crippen molar-refractivity contribution in [1.29, 1.82) is 0 Å². The number of nitrogens with zero attached hydrogens (tertiary/aromatic N) is 4. The largest absolute Gasteiger partial charge is 0.491 e. The number of β-amino-alcohol motifs (C(OH)–C–C–N with tert-alkyl or cyclic N) is 1. The van der Waals surface area contributed by atoms with E-state index in [2.05, 4.69) is 9.88 Å². The number of benzene rings is 2. The molecular weight excluding hydrogens is 533 g/mol. The lowest BCUT2D eigenvalue weighted by molar-refractivity contribution is -0.138. The molecular formula is C27H29F3N4O4S. The van der Waals surface area contributed by atoms with Gasteiger partial charge in [-0.05, 0) is 42.8 Å². The van der Waals surface area contributed by atoms with E-state index in [0.29, 0.717) is 38.5 Å². The molecule has 0 bridgehead atoms. The number of carbonyl (C=O) groups is 2. The second-order valence-corrected chi connectivity index (χ2v) is 11.1. The fourth-order valence-corrected chi connectivity index (χ4v) is 5.82. The topological polar surface area (TPSA) is 86.2 Å². The van der Waals surface area contributed by atoms with Gasteiger partial charge in [0.25, 0.3) is 0 Å². The minimum absolute atomic E-state index is 0.0293. The van der Waals surface area contributed by atoms with Crippen molar-refractivity contribution in [3.05, 3.63) is 52.5 Å². The van der Waals surface area contributed by atoms with Crippen LogP contribution in [0, 0.1) is 6.92 Å². The lowest BCUT2D eigenvalue weighted by Gasteiger charge is -2.36. The zero-order valence-corrected chi connectivity index (χ0v) is 22.2. The van der Waals surface area contributed by atoms with Crippen LogP contribution in [0.15, 0.2) is 36.4 Å². The minimum Gasteiger partial charge on any atom is -0.491 e. The normalized spacial score (nSPS) is 18.3. The van der Waals surface area contributed by atoms with E-state index >= 15 is 0 Å². The Morgan fingerprint density at radius 2 is 1.72 bits per heavy atom. The van der Waals surface area contributed by atoms with Crippen molar-refractivity contribution in [3.8, 4) is 5.75 Å². The molecule has 12 heteroatoms. The third-order valence-electron chi connectivity index (χ3n) is 6.94. The number of alkyl halides is 3. The molecule has 1 aromatic heterocycles. The summed E-state index contributed by atoms with van der Waals surface area (Å²) in [6.07, 6.45) is -5.15. The van der Waals surface area contributed by atoms with Crippen molar-refractivity contribution in [2.45, 2.75) is 38.6 Å². The molecule has 2 saturated heterocycles. The first kappa shape index (κ1) is 27.5. The Hall–Kier alpha value is -3.06. The molecule has 1 atom stereocenters. The third-order valence-corrected chi connectivity index (χ3v) is 7.89. The highest BCUT2D eigenvalue weighted by Gasteiger charge is 2.36. The molecule has 2 aliphatic heterocycles. The van der Waals surface area contributed by atoms with Gasteiger partial charge in [0.15, 0.2) is 0 Å². The van der Waals surface area contributed by atoms with Gasteiger partial charge in [0.05, 0.1) is 26.5 Å². The summed E-state index contributed by atoms with van der Waals surface area (Å²) in [5.41, 5.74) is 0.294. The van der Waals surface area contributed by atoms with Crippen molar-refractivity contribution in [2.75, 3.05) is 44.2 Å². The van der Waals surface area contributed by atoms with E-state index in [1.807, 2.05) is 30.0 Å². The summed E-state index contributed by atoms with van der Waals surface area (Å²) in [6.45, 7) is 4.65. The Balaban J connectivity index is 1.15. The smallest absolute Gasteiger partial charge is 0.416 e. The number of imide groups is 1. The summed E-state index contributed by atoms with van der Waals surface area (Å²) >= 11 is 1.61. The summed E-state index contributed by atoms with van der Waals surface area (Å²) < 4.78 is 48.0. The first-order valence-electron chi connectivity index (χ1n) is 12.8. The number of aliphatic hydroxyl groups excluding tert-OH is 1.